The first kappa shape index (κ1) is 23.3. The number of nitrogens with one attached hydrogen (secondary N) is 1. The van der Waals surface area contributed by atoms with Crippen molar-refractivity contribution < 1.29 is 13.2 Å². The minimum absolute atomic E-state index is 0.145. The molecule has 0 aliphatic carbocycles. The van der Waals surface area contributed by atoms with Crippen molar-refractivity contribution in [3.8, 4) is 5.69 Å². The highest BCUT2D eigenvalue weighted by atomic mass is 32.2. The largest absolute Gasteiger partial charge is 0.352 e. The quantitative estimate of drug-likeness (QED) is 0.397. The van der Waals surface area contributed by atoms with Crippen molar-refractivity contribution in [2.75, 3.05) is 17.4 Å². The fourth-order valence-electron chi connectivity index (χ4n) is 3.65. The average molecular weight is 475 g/mol. The molecular weight excluding hydrogens is 448 g/mol. The summed E-state index contributed by atoms with van der Waals surface area (Å²) >= 11 is 0. The predicted molar refractivity (Wildman–Crippen MR) is 133 cm³/mol. The summed E-state index contributed by atoms with van der Waals surface area (Å²) in [6, 6.07) is 24.8. The predicted octanol–water partition coefficient (Wildman–Crippen LogP) is 4.06. The van der Waals surface area contributed by atoms with Crippen LogP contribution in [0.15, 0.2) is 102 Å². The van der Waals surface area contributed by atoms with Crippen LogP contribution in [0.4, 0.5) is 5.69 Å². The van der Waals surface area contributed by atoms with E-state index in [1.165, 1.54) is 16.4 Å². The van der Waals surface area contributed by atoms with Gasteiger partial charge in [-0.2, -0.15) is 5.10 Å². The van der Waals surface area contributed by atoms with Gasteiger partial charge in [0.05, 0.1) is 16.3 Å². The van der Waals surface area contributed by atoms with Crippen molar-refractivity contribution in [2.45, 2.75) is 18.2 Å². The van der Waals surface area contributed by atoms with Crippen LogP contribution in [-0.2, 0) is 16.4 Å². The van der Waals surface area contributed by atoms with Gasteiger partial charge in [-0.3, -0.25) is 9.10 Å². The van der Waals surface area contributed by atoms with Crippen molar-refractivity contribution in [1.82, 2.24) is 15.1 Å². The first-order chi connectivity index (χ1) is 16.5. The Labute approximate surface area is 199 Å². The van der Waals surface area contributed by atoms with E-state index in [1.54, 1.807) is 54.2 Å². The van der Waals surface area contributed by atoms with Gasteiger partial charge in [0.1, 0.15) is 0 Å². The number of carbonyl (C=O) groups is 1. The highest BCUT2D eigenvalue weighted by Crippen LogP contribution is 2.23. The lowest BCUT2D eigenvalue weighted by Crippen LogP contribution is -2.31. The van der Waals surface area contributed by atoms with E-state index in [4.69, 9.17) is 0 Å². The molecule has 0 fully saturated rings. The van der Waals surface area contributed by atoms with Crippen LogP contribution in [0.25, 0.3) is 5.69 Å². The molecule has 0 saturated heterocycles. The number of benzene rings is 3. The van der Waals surface area contributed by atoms with E-state index in [1.807, 2.05) is 42.6 Å². The molecule has 1 aromatic heterocycles. The maximum atomic E-state index is 13.1. The Bertz CT molecular complexity index is 1320. The Hall–Kier alpha value is -3.91. The number of sulfonamides is 1. The molecule has 4 rings (SSSR count). The van der Waals surface area contributed by atoms with Gasteiger partial charge >= 0.3 is 0 Å². The zero-order valence-corrected chi connectivity index (χ0v) is 19.7. The fraction of sp³-hybridized carbons (Fsp3) is 0.154. The van der Waals surface area contributed by atoms with Gasteiger partial charge in [0.2, 0.25) is 0 Å². The van der Waals surface area contributed by atoms with Crippen LogP contribution in [0.5, 0.6) is 0 Å². The van der Waals surface area contributed by atoms with Crippen molar-refractivity contribution in [3.05, 3.63) is 108 Å². The molecule has 0 bridgehead atoms. The van der Waals surface area contributed by atoms with Crippen LogP contribution >= 0.6 is 0 Å². The minimum atomic E-state index is -3.72. The first-order valence-electron chi connectivity index (χ1n) is 11.0. The third-order valence-electron chi connectivity index (χ3n) is 5.44. The maximum Gasteiger partial charge on any atom is 0.264 e. The number of nitrogens with zero attached hydrogens (tertiary/aromatic N) is 3. The monoisotopic (exact) mass is 474 g/mol. The number of para-hydroxylation sites is 1. The topological polar surface area (TPSA) is 84.3 Å². The van der Waals surface area contributed by atoms with Crippen molar-refractivity contribution >= 4 is 21.6 Å². The van der Waals surface area contributed by atoms with Gasteiger partial charge in [0, 0.05) is 31.0 Å². The van der Waals surface area contributed by atoms with E-state index in [2.05, 4.69) is 10.4 Å². The van der Waals surface area contributed by atoms with Gasteiger partial charge in [-0.25, -0.2) is 13.1 Å². The van der Waals surface area contributed by atoms with E-state index in [-0.39, 0.29) is 10.8 Å². The zero-order chi connectivity index (χ0) is 24.0. The highest BCUT2D eigenvalue weighted by molar-refractivity contribution is 7.92. The summed E-state index contributed by atoms with van der Waals surface area (Å²) in [4.78, 5) is 12.7. The van der Waals surface area contributed by atoms with E-state index in [0.29, 0.717) is 30.8 Å². The van der Waals surface area contributed by atoms with Crippen LogP contribution < -0.4 is 9.62 Å². The van der Waals surface area contributed by atoms with Crippen molar-refractivity contribution in [2.24, 2.45) is 0 Å². The standard InChI is InChI=1S/C26H26N4O3S/c1-2-30(24-7-4-3-5-8-24)34(32,33)25-15-11-22(12-16-25)26(31)27-19-17-21-9-13-23(14-10-21)29-20-6-18-28-29/h3-16,18,20H,2,17,19H2,1H3,(H,27,31). The summed E-state index contributed by atoms with van der Waals surface area (Å²) in [6.07, 6.45) is 4.29. The van der Waals surface area contributed by atoms with Gasteiger partial charge in [-0.15, -0.1) is 0 Å². The lowest BCUT2D eigenvalue weighted by molar-refractivity contribution is 0.0954. The van der Waals surface area contributed by atoms with Gasteiger partial charge in [0.25, 0.3) is 15.9 Å². The van der Waals surface area contributed by atoms with E-state index >= 15 is 0 Å². The van der Waals surface area contributed by atoms with E-state index in [0.717, 1.165) is 11.3 Å². The maximum absolute atomic E-state index is 13.1. The molecule has 0 unspecified atom stereocenters. The average Bonchev–Trinajstić information content (AvgIpc) is 3.40. The molecule has 3 aromatic carbocycles. The summed E-state index contributed by atoms with van der Waals surface area (Å²) in [6.45, 7) is 2.56. The lowest BCUT2D eigenvalue weighted by atomic mass is 10.1. The van der Waals surface area contributed by atoms with Gasteiger partial charge in [-0.05, 0) is 73.5 Å². The molecule has 7 nitrogen and oxygen atoms in total. The molecular formula is C26H26N4O3S. The Morgan fingerprint density at radius 3 is 2.26 bits per heavy atom. The summed E-state index contributed by atoms with van der Waals surface area (Å²) in [7, 11) is -3.72. The Morgan fingerprint density at radius 2 is 1.65 bits per heavy atom. The van der Waals surface area contributed by atoms with Crippen LogP contribution in [-0.4, -0.2) is 37.2 Å². The number of hydrogen-bond donors (Lipinski definition) is 1. The smallest absolute Gasteiger partial charge is 0.264 e. The van der Waals surface area contributed by atoms with Crippen LogP contribution in [0.2, 0.25) is 0 Å². The van der Waals surface area contributed by atoms with Crippen LogP contribution in [0.3, 0.4) is 0 Å². The molecule has 0 radical (unpaired) electrons. The molecule has 1 amide bonds. The van der Waals surface area contributed by atoms with Gasteiger partial charge < -0.3 is 5.32 Å². The van der Waals surface area contributed by atoms with Crippen molar-refractivity contribution in [1.29, 1.82) is 0 Å². The second-order valence-corrected chi connectivity index (χ2v) is 9.52. The number of rotatable bonds is 9. The van der Waals surface area contributed by atoms with Crippen molar-refractivity contribution in [3.63, 3.8) is 0 Å². The first-order valence-corrected chi connectivity index (χ1v) is 12.5. The van der Waals surface area contributed by atoms with Gasteiger partial charge in [-0.1, -0.05) is 30.3 Å². The number of carbonyl (C=O) groups excluding carboxylic acids is 1. The van der Waals surface area contributed by atoms with E-state index in [9.17, 15) is 13.2 Å². The third kappa shape index (κ3) is 5.18. The molecule has 0 spiro atoms. The summed E-state index contributed by atoms with van der Waals surface area (Å²) in [5.74, 6) is -0.243. The summed E-state index contributed by atoms with van der Waals surface area (Å²) < 4.78 is 29.3. The molecule has 1 N–H and O–H groups in total. The molecule has 0 aliphatic rings. The third-order valence-corrected chi connectivity index (χ3v) is 7.36. The molecule has 8 heteroatoms. The highest BCUT2D eigenvalue weighted by Gasteiger charge is 2.23. The second kappa shape index (κ2) is 10.4. The van der Waals surface area contributed by atoms with E-state index < -0.39 is 10.0 Å². The molecule has 0 atom stereocenters. The molecule has 0 aliphatic heterocycles. The minimum Gasteiger partial charge on any atom is -0.352 e. The number of aromatic nitrogens is 2. The summed E-state index contributed by atoms with van der Waals surface area (Å²) in [5.41, 5.74) is 3.08. The van der Waals surface area contributed by atoms with Gasteiger partial charge in [0.15, 0.2) is 0 Å². The molecule has 1 heterocycles. The molecule has 34 heavy (non-hydrogen) atoms. The van der Waals surface area contributed by atoms with Crippen LogP contribution in [0, 0.1) is 0 Å². The lowest BCUT2D eigenvalue weighted by Gasteiger charge is -2.23. The number of amides is 1. The SMILES string of the molecule is CCN(c1ccccc1)S(=O)(=O)c1ccc(C(=O)NCCc2ccc(-n3cccn3)cc2)cc1. The molecule has 0 saturated carbocycles. The van der Waals surface area contributed by atoms with Crippen LogP contribution in [0.1, 0.15) is 22.8 Å². The number of hydrogen-bond acceptors (Lipinski definition) is 4. The Kier molecular flexibility index (Phi) is 7.08. The fourth-order valence-corrected chi connectivity index (χ4v) is 5.12. The Balaban J connectivity index is 1.35. The molecule has 174 valence electrons. The summed E-state index contributed by atoms with van der Waals surface area (Å²) in [5, 5.41) is 7.10. The Morgan fingerprint density at radius 1 is 0.941 bits per heavy atom. The molecule has 4 aromatic rings. The zero-order valence-electron chi connectivity index (χ0n) is 18.8. The second-order valence-electron chi connectivity index (χ2n) is 7.65. The normalized spacial score (nSPS) is 11.2. The number of anilines is 1.